The Kier molecular flexibility index (Phi) is 4.79. The van der Waals surface area contributed by atoms with Crippen LogP contribution in [0.2, 0.25) is 0 Å². The first-order valence-electron chi connectivity index (χ1n) is 7.25. The topological polar surface area (TPSA) is 84.2 Å². The van der Waals surface area contributed by atoms with Gasteiger partial charge in [-0.25, -0.2) is 0 Å². The molecule has 2 heterocycles. The van der Waals surface area contributed by atoms with E-state index in [2.05, 4.69) is 38.7 Å². The molecule has 0 aliphatic carbocycles. The highest BCUT2D eigenvalue weighted by Gasteiger charge is 2.30. The number of carbonyl (C=O) groups is 2. The number of halogens is 1. The van der Waals surface area contributed by atoms with Gasteiger partial charge in [-0.2, -0.15) is 0 Å². The standard InChI is InChI=1S/C16H16BrN3O2S/c17-13-8-12(14(23-13)15(18)21)20-16(22)11-7-6-10(19-11)9-4-2-1-3-5-9/h1-5,8,10-11,19H,6-7H2,(H2,18,21)(H,20,22)/t10-,11+/m1/s1. The van der Waals surface area contributed by atoms with Crippen molar-refractivity contribution in [1.29, 1.82) is 0 Å². The molecule has 0 radical (unpaired) electrons. The monoisotopic (exact) mass is 393 g/mol. The molecule has 5 nitrogen and oxygen atoms in total. The van der Waals surface area contributed by atoms with Crippen molar-refractivity contribution in [1.82, 2.24) is 5.32 Å². The highest BCUT2D eigenvalue weighted by Crippen LogP contribution is 2.32. The summed E-state index contributed by atoms with van der Waals surface area (Å²) < 4.78 is 0.753. The smallest absolute Gasteiger partial charge is 0.260 e. The first kappa shape index (κ1) is 16.2. The Bertz CT molecular complexity index is 732. The van der Waals surface area contributed by atoms with E-state index in [-0.39, 0.29) is 18.0 Å². The summed E-state index contributed by atoms with van der Waals surface area (Å²) in [5.41, 5.74) is 6.98. The number of anilines is 1. The number of nitrogens with one attached hydrogen (secondary N) is 2. The summed E-state index contributed by atoms with van der Waals surface area (Å²) in [6.07, 6.45) is 1.65. The molecule has 120 valence electrons. The van der Waals surface area contributed by atoms with Gasteiger partial charge in [0.15, 0.2) is 0 Å². The van der Waals surface area contributed by atoms with E-state index in [4.69, 9.17) is 5.73 Å². The average Bonchev–Trinajstić information content (AvgIpc) is 3.15. The minimum atomic E-state index is -0.544. The zero-order valence-corrected chi connectivity index (χ0v) is 14.6. The van der Waals surface area contributed by atoms with Crippen molar-refractivity contribution in [2.75, 3.05) is 5.32 Å². The van der Waals surface area contributed by atoms with Crippen LogP contribution in [0.5, 0.6) is 0 Å². The Morgan fingerprint density at radius 1 is 1.26 bits per heavy atom. The first-order valence-corrected chi connectivity index (χ1v) is 8.86. The van der Waals surface area contributed by atoms with E-state index in [9.17, 15) is 9.59 Å². The summed E-state index contributed by atoms with van der Waals surface area (Å²) >= 11 is 4.52. The lowest BCUT2D eigenvalue weighted by Crippen LogP contribution is -2.36. The maximum atomic E-state index is 12.4. The van der Waals surface area contributed by atoms with E-state index in [1.807, 2.05) is 18.2 Å². The fraction of sp³-hybridized carbons (Fsp3) is 0.250. The molecule has 1 fully saturated rings. The highest BCUT2D eigenvalue weighted by molar-refractivity contribution is 9.11. The Morgan fingerprint density at radius 3 is 2.70 bits per heavy atom. The second-order valence-corrected chi connectivity index (χ2v) is 7.84. The summed E-state index contributed by atoms with van der Waals surface area (Å²) in [6, 6.07) is 11.7. The number of thiophene rings is 1. The van der Waals surface area contributed by atoms with E-state index in [0.29, 0.717) is 10.6 Å². The normalized spacial score (nSPS) is 20.4. The van der Waals surface area contributed by atoms with Crippen LogP contribution in [0, 0.1) is 0 Å². The third kappa shape index (κ3) is 3.63. The molecule has 0 spiro atoms. The summed E-state index contributed by atoms with van der Waals surface area (Å²) in [5, 5.41) is 6.15. The van der Waals surface area contributed by atoms with Gasteiger partial charge in [-0.15, -0.1) is 11.3 Å². The molecule has 1 aromatic carbocycles. The van der Waals surface area contributed by atoms with E-state index < -0.39 is 5.91 Å². The second-order valence-electron chi connectivity index (χ2n) is 5.41. The maximum Gasteiger partial charge on any atom is 0.260 e. The molecule has 2 amide bonds. The number of primary amides is 1. The van der Waals surface area contributed by atoms with Gasteiger partial charge in [0.2, 0.25) is 5.91 Å². The SMILES string of the molecule is NC(=O)c1sc(Br)cc1NC(=O)[C@@H]1CC[C@H](c2ccccc2)N1. The number of carbonyl (C=O) groups excluding carboxylic acids is 2. The predicted molar refractivity (Wildman–Crippen MR) is 94.5 cm³/mol. The van der Waals surface area contributed by atoms with Gasteiger partial charge < -0.3 is 11.1 Å². The number of hydrogen-bond donors (Lipinski definition) is 3. The lowest BCUT2D eigenvalue weighted by molar-refractivity contribution is -0.117. The van der Waals surface area contributed by atoms with Gasteiger partial charge in [-0.3, -0.25) is 14.9 Å². The molecule has 1 aliphatic rings. The van der Waals surface area contributed by atoms with Crippen LogP contribution in [0.15, 0.2) is 40.2 Å². The van der Waals surface area contributed by atoms with Crippen molar-refractivity contribution < 1.29 is 9.59 Å². The lowest BCUT2D eigenvalue weighted by Gasteiger charge is -2.14. The van der Waals surface area contributed by atoms with Crippen LogP contribution in [0.1, 0.15) is 34.1 Å². The Balaban J connectivity index is 1.67. The molecular weight excluding hydrogens is 378 g/mol. The van der Waals surface area contributed by atoms with Crippen LogP contribution in [-0.4, -0.2) is 17.9 Å². The summed E-state index contributed by atoms with van der Waals surface area (Å²) in [6.45, 7) is 0. The van der Waals surface area contributed by atoms with Crippen LogP contribution in [0.4, 0.5) is 5.69 Å². The lowest BCUT2D eigenvalue weighted by atomic mass is 10.1. The van der Waals surface area contributed by atoms with Crippen LogP contribution in [0.3, 0.4) is 0 Å². The fourth-order valence-corrected chi connectivity index (χ4v) is 4.16. The summed E-state index contributed by atoms with van der Waals surface area (Å²) in [4.78, 5) is 24.2. The van der Waals surface area contributed by atoms with Crippen LogP contribution in [-0.2, 0) is 4.79 Å². The molecule has 0 bridgehead atoms. The molecule has 2 atom stereocenters. The van der Waals surface area contributed by atoms with Gasteiger partial charge in [0.1, 0.15) is 4.88 Å². The average molecular weight is 394 g/mol. The first-order chi connectivity index (χ1) is 11.0. The predicted octanol–water partition coefficient (Wildman–Crippen LogP) is 3.04. The molecule has 0 saturated carbocycles. The summed E-state index contributed by atoms with van der Waals surface area (Å²) in [5.74, 6) is -0.686. The van der Waals surface area contributed by atoms with E-state index in [0.717, 1.165) is 16.6 Å². The van der Waals surface area contributed by atoms with Crippen molar-refractivity contribution in [2.45, 2.75) is 24.9 Å². The van der Waals surface area contributed by atoms with Crippen molar-refractivity contribution >= 4 is 44.8 Å². The van der Waals surface area contributed by atoms with Crippen molar-refractivity contribution in [3.05, 3.63) is 50.6 Å². The van der Waals surface area contributed by atoms with E-state index in [1.165, 1.54) is 16.9 Å². The molecular formula is C16H16BrN3O2S. The summed E-state index contributed by atoms with van der Waals surface area (Å²) in [7, 11) is 0. The van der Waals surface area contributed by atoms with Gasteiger partial charge in [0.25, 0.3) is 5.91 Å². The quantitative estimate of drug-likeness (QED) is 0.745. The van der Waals surface area contributed by atoms with Crippen molar-refractivity contribution in [3.8, 4) is 0 Å². The zero-order valence-electron chi connectivity index (χ0n) is 12.2. The van der Waals surface area contributed by atoms with E-state index >= 15 is 0 Å². The molecule has 3 rings (SSSR count). The molecule has 1 aromatic heterocycles. The maximum absolute atomic E-state index is 12.4. The zero-order chi connectivity index (χ0) is 16.4. The van der Waals surface area contributed by atoms with Gasteiger partial charge in [0.05, 0.1) is 15.5 Å². The molecule has 2 aromatic rings. The minimum absolute atomic E-state index is 0.142. The minimum Gasteiger partial charge on any atom is -0.365 e. The molecule has 23 heavy (non-hydrogen) atoms. The highest BCUT2D eigenvalue weighted by atomic mass is 79.9. The number of amides is 2. The van der Waals surface area contributed by atoms with Gasteiger partial charge >= 0.3 is 0 Å². The van der Waals surface area contributed by atoms with Crippen LogP contribution >= 0.6 is 27.3 Å². The van der Waals surface area contributed by atoms with Gasteiger partial charge in [-0.1, -0.05) is 30.3 Å². The Hall–Kier alpha value is -1.70. The van der Waals surface area contributed by atoms with Gasteiger partial charge in [0, 0.05) is 6.04 Å². The Labute approximate surface area is 146 Å². The number of rotatable bonds is 4. The molecule has 0 unspecified atom stereocenters. The number of benzene rings is 1. The van der Waals surface area contributed by atoms with Crippen molar-refractivity contribution in [2.24, 2.45) is 5.73 Å². The fourth-order valence-electron chi connectivity index (χ4n) is 2.75. The second kappa shape index (κ2) is 6.82. The third-order valence-electron chi connectivity index (χ3n) is 3.85. The molecule has 7 heteroatoms. The third-order valence-corrected chi connectivity index (χ3v) is 5.50. The van der Waals surface area contributed by atoms with E-state index in [1.54, 1.807) is 6.07 Å². The van der Waals surface area contributed by atoms with Crippen LogP contribution in [0.25, 0.3) is 0 Å². The molecule has 1 saturated heterocycles. The molecule has 1 aliphatic heterocycles. The molecule has 4 N–H and O–H groups in total. The van der Waals surface area contributed by atoms with Crippen molar-refractivity contribution in [3.63, 3.8) is 0 Å². The Morgan fingerprint density at radius 2 is 2.00 bits per heavy atom. The largest absolute Gasteiger partial charge is 0.365 e. The number of nitrogens with two attached hydrogens (primary N) is 1. The number of hydrogen-bond acceptors (Lipinski definition) is 4. The van der Waals surface area contributed by atoms with Gasteiger partial charge in [-0.05, 0) is 40.4 Å². The van der Waals surface area contributed by atoms with Crippen LogP contribution < -0.4 is 16.4 Å².